The lowest BCUT2D eigenvalue weighted by Crippen LogP contribution is -2.64. The molecule has 3 heterocycles. The van der Waals surface area contributed by atoms with Gasteiger partial charge < -0.3 is 14.4 Å². The molecule has 0 unspecified atom stereocenters. The number of amides is 1. The first-order valence-corrected chi connectivity index (χ1v) is 10.5. The van der Waals surface area contributed by atoms with Crippen molar-refractivity contribution in [2.75, 3.05) is 7.11 Å². The lowest BCUT2D eigenvalue weighted by molar-refractivity contribution is -0.161. The van der Waals surface area contributed by atoms with E-state index in [4.69, 9.17) is 9.47 Å². The van der Waals surface area contributed by atoms with Gasteiger partial charge in [-0.1, -0.05) is 33.3 Å². The van der Waals surface area contributed by atoms with Crippen molar-refractivity contribution in [2.24, 2.45) is 0 Å². The highest BCUT2D eigenvalue weighted by molar-refractivity contribution is 9.10. The van der Waals surface area contributed by atoms with Crippen molar-refractivity contribution in [3.8, 4) is 5.75 Å². The number of fused-ring (bicyclic) bond motifs is 1. The van der Waals surface area contributed by atoms with E-state index in [0.717, 1.165) is 11.3 Å². The van der Waals surface area contributed by atoms with Gasteiger partial charge in [0.25, 0.3) is 0 Å². The van der Waals surface area contributed by atoms with Crippen LogP contribution in [0.15, 0.2) is 36.7 Å². The topological polar surface area (TPSA) is 86.5 Å². The Morgan fingerprint density at radius 3 is 2.75 bits per heavy atom. The molecule has 1 amide bonds. The zero-order chi connectivity index (χ0) is 19.9. The number of ether oxygens (including phenoxy) is 2. The number of aromatic nitrogens is 3. The summed E-state index contributed by atoms with van der Waals surface area (Å²) in [5, 5.41) is 7.74. The lowest BCUT2D eigenvalue weighted by Gasteiger charge is -2.41. The van der Waals surface area contributed by atoms with Crippen LogP contribution in [0, 0.1) is 0 Å². The number of carbonyl (C=O) groups is 2. The van der Waals surface area contributed by atoms with Gasteiger partial charge in [0, 0.05) is 6.20 Å². The quantitative estimate of drug-likeness (QED) is 0.364. The van der Waals surface area contributed by atoms with Gasteiger partial charge in [-0.25, -0.2) is 4.79 Å². The van der Waals surface area contributed by atoms with Crippen molar-refractivity contribution in [1.29, 1.82) is 0 Å². The Morgan fingerprint density at radius 1 is 1.36 bits per heavy atom. The molecule has 148 valence electrons. The van der Waals surface area contributed by atoms with Gasteiger partial charge in [-0.15, -0.1) is 16.9 Å². The van der Waals surface area contributed by atoms with E-state index in [1.54, 1.807) is 40.8 Å². The molecule has 0 radical (unpaired) electrons. The van der Waals surface area contributed by atoms with Crippen LogP contribution in [0.25, 0.3) is 0 Å². The normalized spacial score (nSPS) is 28.6. The van der Waals surface area contributed by atoms with Gasteiger partial charge in [-0.3, -0.25) is 9.48 Å². The average Bonchev–Trinajstić information content (AvgIpc) is 3.30. The first-order chi connectivity index (χ1) is 13.4. The summed E-state index contributed by atoms with van der Waals surface area (Å²) in [6.07, 6.45) is 3.34. The Labute approximate surface area is 174 Å². The van der Waals surface area contributed by atoms with Crippen molar-refractivity contribution in [1.82, 2.24) is 19.9 Å². The van der Waals surface area contributed by atoms with Crippen LogP contribution in [0.4, 0.5) is 0 Å². The Kier molecular flexibility index (Phi) is 5.09. The predicted molar refractivity (Wildman–Crippen MR) is 106 cm³/mol. The van der Waals surface area contributed by atoms with Crippen molar-refractivity contribution < 1.29 is 19.1 Å². The molecule has 0 saturated carbocycles. The fourth-order valence-electron chi connectivity index (χ4n) is 3.55. The molecule has 0 N–H and O–H groups in total. The smallest absolute Gasteiger partial charge is 0.330 e. The second kappa shape index (κ2) is 7.40. The van der Waals surface area contributed by atoms with Crippen LogP contribution >= 0.6 is 27.7 Å². The van der Waals surface area contributed by atoms with E-state index in [1.807, 2.05) is 31.2 Å². The number of hydrogen-bond donors (Lipinski definition) is 0. The molecule has 2 aliphatic heterocycles. The molecule has 0 aliphatic carbocycles. The monoisotopic (exact) mass is 466 g/mol. The summed E-state index contributed by atoms with van der Waals surface area (Å²) in [5.41, 5.74) is 0.850. The van der Waals surface area contributed by atoms with Gasteiger partial charge in [0.15, 0.2) is 0 Å². The standard InChI is InChI=1S/C18H19BrN4O4S/c1-18(10-22-8-7-20-21-22)14(23-15(24)13(19)16(23)28-18)17(25)27-9-11-3-5-12(26-2)6-4-11/h3-8,13-14,16H,9-10H2,1-2H3/t13-,14-,16+,18-/m0/s1. The molecule has 0 bridgehead atoms. The molecule has 1 aromatic heterocycles. The fourth-order valence-corrected chi connectivity index (χ4v) is 6.04. The van der Waals surface area contributed by atoms with E-state index >= 15 is 0 Å². The van der Waals surface area contributed by atoms with E-state index in [2.05, 4.69) is 26.2 Å². The maximum absolute atomic E-state index is 13.0. The van der Waals surface area contributed by atoms with Crippen LogP contribution in [0.3, 0.4) is 0 Å². The first kappa shape index (κ1) is 19.3. The summed E-state index contributed by atoms with van der Waals surface area (Å²) in [6, 6.07) is 6.62. The largest absolute Gasteiger partial charge is 0.497 e. The van der Waals surface area contributed by atoms with E-state index < -0.39 is 16.8 Å². The predicted octanol–water partition coefficient (Wildman–Crippen LogP) is 1.84. The summed E-state index contributed by atoms with van der Waals surface area (Å²) in [7, 11) is 1.60. The maximum atomic E-state index is 13.0. The number of β-lactam (4-membered cyclic amide) rings is 1. The summed E-state index contributed by atoms with van der Waals surface area (Å²) in [5.74, 6) is 0.229. The third kappa shape index (κ3) is 3.28. The Bertz CT molecular complexity index is 878. The maximum Gasteiger partial charge on any atom is 0.330 e. The van der Waals surface area contributed by atoms with Gasteiger partial charge in [-0.05, 0) is 24.6 Å². The van der Waals surface area contributed by atoms with Crippen molar-refractivity contribution in [3.05, 3.63) is 42.2 Å². The molecule has 10 heteroatoms. The second-order valence-electron chi connectivity index (χ2n) is 6.93. The number of nitrogens with zero attached hydrogens (tertiary/aromatic N) is 4. The van der Waals surface area contributed by atoms with Gasteiger partial charge in [0.1, 0.15) is 28.6 Å². The molecular weight excluding hydrogens is 448 g/mol. The highest BCUT2D eigenvalue weighted by Gasteiger charge is 2.65. The van der Waals surface area contributed by atoms with E-state index in [-0.39, 0.29) is 22.7 Å². The molecule has 4 rings (SSSR count). The van der Waals surface area contributed by atoms with Gasteiger partial charge >= 0.3 is 5.97 Å². The number of alkyl halides is 1. The summed E-state index contributed by atoms with van der Waals surface area (Å²) in [6.45, 7) is 2.54. The van der Waals surface area contributed by atoms with Crippen LogP contribution in [0.5, 0.6) is 5.75 Å². The Balaban J connectivity index is 1.51. The van der Waals surface area contributed by atoms with Crippen LogP contribution < -0.4 is 4.74 Å². The molecular formula is C18H19BrN4O4S. The number of carbonyl (C=O) groups excluding carboxylic acids is 2. The van der Waals surface area contributed by atoms with E-state index in [9.17, 15) is 9.59 Å². The number of hydrogen-bond acceptors (Lipinski definition) is 7. The fraction of sp³-hybridized carbons (Fsp3) is 0.444. The molecule has 2 aliphatic rings. The summed E-state index contributed by atoms with van der Waals surface area (Å²) in [4.78, 5) is 26.8. The third-order valence-corrected chi connectivity index (χ3v) is 7.85. The molecule has 2 fully saturated rings. The average molecular weight is 467 g/mol. The molecule has 2 saturated heterocycles. The molecule has 1 aromatic carbocycles. The minimum absolute atomic E-state index is 0.0915. The minimum atomic E-state index is -0.689. The highest BCUT2D eigenvalue weighted by atomic mass is 79.9. The number of rotatable bonds is 6. The van der Waals surface area contributed by atoms with Crippen LogP contribution in [-0.4, -0.2) is 59.9 Å². The first-order valence-electron chi connectivity index (χ1n) is 8.71. The SMILES string of the molecule is COc1ccc(COC(=O)[C@@H]2N3C(=O)[C@H](Br)[C@H]3S[C@@]2(C)Cn2ccnn2)cc1. The summed E-state index contributed by atoms with van der Waals surface area (Å²) < 4.78 is 11.8. The van der Waals surface area contributed by atoms with Crippen molar-refractivity contribution in [3.63, 3.8) is 0 Å². The van der Waals surface area contributed by atoms with E-state index in [0.29, 0.717) is 6.54 Å². The van der Waals surface area contributed by atoms with Crippen LogP contribution in [-0.2, 0) is 27.5 Å². The number of halogens is 1. The molecule has 0 spiro atoms. The summed E-state index contributed by atoms with van der Waals surface area (Å²) >= 11 is 5.01. The molecule has 8 nitrogen and oxygen atoms in total. The van der Waals surface area contributed by atoms with Gasteiger partial charge in [0.05, 0.1) is 24.6 Å². The van der Waals surface area contributed by atoms with Crippen molar-refractivity contribution in [2.45, 2.75) is 41.1 Å². The number of thioether (sulfide) groups is 1. The zero-order valence-corrected chi connectivity index (χ0v) is 17.7. The molecule has 28 heavy (non-hydrogen) atoms. The molecule has 2 aromatic rings. The number of esters is 1. The van der Waals surface area contributed by atoms with Crippen LogP contribution in [0.1, 0.15) is 12.5 Å². The van der Waals surface area contributed by atoms with E-state index in [1.165, 1.54) is 0 Å². The zero-order valence-electron chi connectivity index (χ0n) is 15.3. The van der Waals surface area contributed by atoms with Gasteiger partial charge in [0.2, 0.25) is 5.91 Å². The van der Waals surface area contributed by atoms with Gasteiger partial charge in [-0.2, -0.15) is 0 Å². The van der Waals surface area contributed by atoms with Crippen molar-refractivity contribution >= 4 is 39.6 Å². The third-order valence-electron chi connectivity index (χ3n) is 4.97. The Morgan fingerprint density at radius 2 is 2.11 bits per heavy atom. The minimum Gasteiger partial charge on any atom is -0.497 e. The number of benzene rings is 1. The molecule has 4 atom stereocenters. The highest BCUT2D eigenvalue weighted by Crippen LogP contribution is 2.53. The lowest BCUT2D eigenvalue weighted by atomic mass is 9.96. The number of methoxy groups -OCH3 is 1. The van der Waals surface area contributed by atoms with Crippen LogP contribution in [0.2, 0.25) is 0 Å². The second-order valence-corrected chi connectivity index (χ2v) is 9.57. The Hall–Kier alpha value is -2.07.